The quantitative estimate of drug-likeness (QED) is 0.354. The smallest absolute Gasteiger partial charge is 0.241 e. The molecule has 0 aliphatic carbocycles. The van der Waals surface area contributed by atoms with Crippen LogP contribution in [-0.4, -0.2) is 40.0 Å². The van der Waals surface area contributed by atoms with Gasteiger partial charge in [0, 0.05) is 46.1 Å². The van der Waals surface area contributed by atoms with E-state index in [1.165, 1.54) is 18.5 Å². The summed E-state index contributed by atoms with van der Waals surface area (Å²) in [4.78, 5) is 12.4. The fourth-order valence-corrected chi connectivity index (χ4v) is 5.32. The second-order valence-electron chi connectivity index (χ2n) is 8.03. The number of anilines is 1. The third-order valence-electron chi connectivity index (χ3n) is 5.53. The van der Waals surface area contributed by atoms with Crippen LogP contribution in [0.4, 0.5) is 10.2 Å². The number of sulfone groups is 1. The van der Waals surface area contributed by atoms with Gasteiger partial charge >= 0.3 is 0 Å². The Hall–Kier alpha value is -4.25. The molecule has 0 saturated carbocycles. The Morgan fingerprint density at radius 1 is 1.20 bits per heavy atom. The van der Waals surface area contributed by atoms with E-state index in [4.69, 9.17) is 4.52 Å². The molecule has 178 valence electrons. The van der Waals surface area contributed by atoms with Crippen molar-refractivity contribution < 1.29 is 22.1 Å². The van der Waals surface area contributed by atoms with Crippen molar-refractivity contribution in [2.45, 2.75) is 18.4 Å². The van der Waals surface area contributed by atoms with Crippen molar-refractivity contribution in [3.05, 3.63) is 84.3 Å². The molecule has 11 heteroatoms. The van der Waals surface area contributed by atoms with Crippen molar-refractivity contribution in [1.29, 1.82) is 0 Å². The van der Waals surface area contributed by atoms with Crippen LogP contribution in [0.2, 0.25) is 0 Å². The van der Waals surface area contributed by atoms with E-state index in [0.29, 0.717) is 33.4 Å². The molecule has 2 aromatic carbocycles. The predicted molar refractivity (Wildman–Crippen MR) is 127 cm³/mol. The predicted octanol–water partition coefficient (Wildman–Crippen LogP) is 3.93. The van der Waals surface area contributed by atoms with Crippen molar-refractivity contribution in [2.24, 2.45) is 0 Å². The van der Waals surface area contributed by atoms with Crippen LogP contribution >= 0.6 is 0 Å². The number of benzene rings is 2. The number of carbonyl (C=O) groups is 1. The Balaban J connectivity index is 1.47. The van der Waals surface area contributed by atoms with Crippen molar-refractivity contribution in [1.82, 2.24) is 19.9 Å². The average molecular weight is 494 g/mol. The summed E-state index contributed by atoms with van der Waals surface area (Å²) in [6, 6.07) is 13.4. The first-order chi connectivity index (χ1) is 16.8. The van der Waals surface area contributed by atoms with E-state index in [2.05, 4.69) is 20.7 Å². The van der Waals surface area contributed by atoms with Crippen molar-refractivity contribution in [3.8, 4) is 11.1 Å². The van der Waals surface area contributed by atoms with Crippen molar-refractivity contribution >= 4 is 32.5 Å². The van der Waals surface area contributed by atoms with Crippen LogP contribution in [0.15, 0.2) is 76.5 Å². The summed E-state index contributed by atoms with van der Waals surface area (Å²) in [6.45, 7) is 1.75. The molecule has 0 radical (unpaired) electrons. The molecule has 3 aromatic heterocycles. The maximum Gasteiger partial charge on any atom is 0.241 e. The highest BCUT2D eigenvalue weighted by molar-refractivity contribution is 7.92. The number of H-pyrrole nitrogens is 1. The first-order valence-electron chi connectivity index (χ1n) is 10.6. The van der Waals surface area contributed by atoms with E-state index in [9.17, 15) is 13.2 Å². The minimum absolute atomic E-state index is 0.00835. The van der Waals surface area contributed by atoms with E-state index in [1.807, 2.05) is 0 Å². The van der Waals surface area contributed by atoms with E-state index in [1.54, 1.807) is 60.2 Å². The lowest BCUT2D eigenvalue weighted by molar-refractivity contribution is -0.113. The number of fused-ring (bicyclic) bond motifs is 1. The number of rotatable bonds is 7. The topological polar surface area (TPSA) is 123 Å². The molecule has 0 aliphatic rings. The number of nitrogens with one attached hydrogen (secondary N) is 2. The molecule has 0 spiro atoms. The second kappa shape index (κ2) is 8.84. The number of para-hydroxylation sites is 1. The van der Waals surface area contributed by atoms with Crippen LogP contribution < -0.4 is 5.32 Å². The van der Waals surface area contributed by atoms with E-state index in [0.717, 1.165) is 0 Å². The van der Waals surface area contributed by atoms with Crippen LogP contribution in [0.1, 0.15) is 11.3 Å². The van der Waals surface area contributed by atoms with Gasteiger partial charge in [0.1, 0.15) is 17.3 Å². The maximum absolute atomic E-state index is 15.3. The second-order valence-corrected chi connectivity index (χ2v) is 9.99. The summed E-state index contributed by atoms with van der Waals surface area (Å²) < 4.78 is 48.2. The zero-order valence-electron chi connectivity index (χ0n) is 18.5. The summed E-state index contributed by atoms with van der Waals surface area (Å²) >= 11 is 0. The molecule has 5 rings (SSSR count). The summed E-state index contributed by atoms with van der Waals surface area (Å²) in [6.07, 6.45) is 4.57. The minimum atomic E-state index is -4.02. The summed E-state index contributed by atoms with van der Waals surface area (Å²) in [7, 11) is -4.02. The number of carbonyl (C=O) groups excluding carboxylic acids is 1. The molecule has 0 bridgehead atoms. The van der Waals surface area contributed by atoms with Crippen LogP contribution in [0.25, 0.3) is 22.0 Å². The maximum atomic E-state index is 15.3. The van der Waals surface area contributed by atoms with Gasteiger partial charge in [-0.15, -0.1) is 0 Å². The number of aromatic nitrogens is 4. The van der Waals surface area contributed by atoms with Crippen LogP contribution in [0.3, 0.4) is 0 Å². The first kappa shape index (κ1) is 22.5. The first-order valence-corrected chi connectivity index (χ1v) is 12.3. The molecule has 9 nitrogen and oxygen atoms in total. The molecule has 3 heterocycles. The van der Waals surface area contributed by atoms with Gasteiger partial charge in [0.2, 0.25) is 5.91 Å². The highest BCUT2D eigenvalue weighted by Gasteiger charge is 2.25. The number of nitrogens with zero attached hydrogens (tertiary/aromatic N) is 3. The minimum Gasteiger partial charge on any atom is -0.360 e. The van der Waals surface area contributed by atoms with Gasteiger partial charge in [-0.3, -0.25) is 9.89 Å². The fourth-order valence-electron chi connectivity index (χ4n) is 3.95. The third-order valence-corrected chi connectivity index (χ3v) is 7.17. The van der Waals surface area contributed by atoms with Gasteiger partial charge in [0.25, 0.3) is 0 Å². The monoisotopic (exact) mass is 493 g/mol. The standard InChI is InChI=1S/C24H20FN5O4S/c1-15-9-22(29-34-15)28-23(31)14-35(32,33)21-13-30(20-8-3-2-6-19(20)21)12-16-5-4-7-18(24(16)25)17-10-26-27-11-17/h2-11,13H,12,14H2,1H3,(H,26,27)(H,28,29,31). The SMILES string of the molecule is Cc1cc(NC(=O)CS(=O)(=O)c2cn(Cc3cccc(-c4cn[nH]c4)c3F)c3ccccc23)no1. The molecule has 0 fully saturated rings. The molecule has 0 atom stereocenters. The Kier molecular flexibility index (Phi) is 5.69. The van der Waals surface area contributed by atoms with Crippen LogP contribution in [-0.2, 0) is 21.2 Å². The van der Waals surface area contributed by atoms with E-state index >= 15 is 4.39 Å². The normalized spacial score (nSPS) is 11.7. The van der Waals surface area contributed by atoms with Crippen molar-refractivity contribution in [2.75, 3.05) is 11.1 Å². The molecule has 2 N–H and O–H groups in total. The number of amides is 1. The Labute approximate surface area is 199 Å². The Morgan fingerprint density at radius 3 is 2.77 bits per heavy atom. The zero-order valence-corrected chi connectivity index (χ0v) is 19.3. The molecule has 0 aliphatic heterocycles. The number of aromatic amines is 1. The van der Waals surface area contributed by atoms with E-state index in [-0.39, 0.29) is 17.3 Å². The third kappa shape index (κ3) is 4.45. The van der Waals surface area contributed by atoms with Gasteiger partial charge in [-0.25, -0.2) is 12.8 Å². The van der Waals surface area contributed by atoms with Gasteiger partial charge in [0.15, 0.2) is 15.7 Å². The number of hydrogen-bond donors (Lipinski definition) is 2. The highest BCUT2D eigenvalue weighted by Crippen LogP contribution is 2.29. The lowest BCUT2D eigenvalue weighted by atomic mass is 10.0. The molecule has 5 aromatic rings. The number of hydrogen-bond acceptors (Lipinski definition) is 6. The molecule has 35 heavy (non-hydrogen) atoms. The highest BCUT2D eigenvalue weighted by atomic mass is 32.2. The van der Waals surface area contributed by atoms with Crippen LogP contribution in [0, 0.1) is 12.7 Å². The van der Waals surface area contributed by atoms with Gasteiger partial charge in [-0.05, 0) is 13.0 Å². The number of halogens is 1. The van der Waals surface area contributed by atoms with Gasteiger partial charge < -0.3 is 14.4 Å². The Morgan fingerprint density at radius 2 is 2.03 bits per heavy atom. The Bertz CT molecular complexity index is 1640. The zero-order chi connectivity index (χ0) is 24.6. The lowest BCUT2D eigenvalue weighted by Gasteiger charge is -2.09. The van der Waals surface area contributed by atoms with Crippen LogP contribution in [0.5, 0.6) is 0 Å². The fraction of sp³-hybridized carbons (Fsp3) is 0.125. The summed E-state index contributed by atoms with van der Waals surface area (Å²) in [5.41, 5.74) is 1.98. The molecular weight excluding hydrogens is 473 g/mol. The summed E-state index contributed by atoms with van der Waals surface area (Å²) in [5, 5.41) is 13.1. The lowest BCUT2D eigenvalue weighted by Crippen LogP contribution is -2.23. The van der Waals surface area contributed by atoms with Gasteiger partial charge in [-0.2, -0.15) is 5.10 Å². The van der Waals surface area contributed by atoms with Gasteiger partial charge in [0.05, 0.1) is 17.6 Å². The van der Waals surface area contributed by atoms with Crippen molar-refractivity contribution in [3.63, 3.8) is 0 Å². The van der Waals surface area contributed by atoms with Gasteiger partial charge in [-0.1, -0.05) is 41.6 Å². The average Bonchev–Trinajstić information content (AvgIpc) is 3.56. The largest absolute Gasteiger partial charge is 0.360 e. The molecule has 0 saturated heterocycles. The number of aryl methyl sites for hydroxylation is 1. The molecule has 0 unspecified atom stereocenters. The summed E-state index contributed by atoms with van der Waals surface area (Å²) in [5.74, 6) is -1.32. The molecule has 1 amide bonds. The molecular formula is C24H20FN5O4S. The van der Waals surface area contributed by atoms with E-state index < -0.39 is 27.3 Å².